The van der Waals surface area contributed by atoms with Crippen LogP contribution in [0.4, 0.5) is 18.0 Å². The molecule has 14 nitrogen and oxygen atoms in total. The summed E-state index contributed by atoms with van der Waals surface area (Å²) in [5.41, 5.74) is -4.07. The minimum Gasteiger partial charge on any atom is -0.491 e. The highest BCUT2D eigenvalue weighted by Crippen LogP contribution is 2.48. The molecule has 3 N–H and O–H groups in total. The first-order valence-corrected chi connectivity index (χ1v) is 21.5. The Labute approximate surface area is 346 Å². The van der Waals surface area contributed by atoms with E-state index in [0.29, 0.717) is 31.1 Å². The van der Waals surface area contributed by atoms with Crippen molar-refractivity contribution >= 4 is 44.6 Å². The van der Waals surface area contributed by atoms with E-state index in [1.54, 1.807) is 32.1 Å². The molecule has 4 amide bonds. The van der Waals surface area contributed by atoms with Crippen LogP contribution in [0.25, 0.3) is 10.8 Å². The average molecular weight is 853 g/mol. The Kier molecular flexibility index (Phi) is 11.3. The summed E-state index contributed by atoms with van der Waals surface area (Å²) in [6.45, 7) is 4.46. The Morgan fingerprint density at radius 1 is 1.19 bits per heavy atom. The van der Waals surface area contributed by atoms with Gasteiger partial charge in [-0.15, -0.1) is 0 Å². The monoisotopic (exact) mass is 852 g/mol. The van der Waals surface area contributed by atoms with Crippen LogP contribution in [0.1, 0.15) is 96.9 Å². The van der Waals surface area contributed by atoms with Crippen LogP contribution in [-0.2, 0) is 29.1 Å². The second kappa shape index (κ2) is 16.8. The van der Waals surface area contributed by atoms with Gasteiger partial charge in [-0.25, -0.2) is 31.4 Å². The van der Waals surface area contributed by atoms with Gasteiger partial charge in [0, 0.05) is 28.0 Å². The number of nitrogens with zero attached hydrogens (tertiary/aromatic N) is 2. The van der Waals surface area contributed by atoms with Crippen molar-refractivity contribution in [2.75, 3.05) is 13.2 Å². The minimum absolute atomic E-state index is 0.00434. The van der Waals surface area contributed by atoms with Crippen molar-refractivity contribution in [1.29, 1.82) is 0 Å². The summed E-state index contributed by atoms with van der Waals surface area (Å²) < 4.78 is 110. The van der Waals surface area contributed by atoms with Gasteiger partial charge in [-0.3, -0.25) is 19.1 Å². The van der Waals surface area contributed by atoms with Crippen molar-refractivity contribution in [2.24, 2.45) is 17.8 Å². The van der Waals surface area contributed by atoms with Crippen LogP contribution in [0.5, 0.6) is 11.6 Å². The molecule has 3 heterocycles. The number of allylic oxidation sites excluding steroid dienone is 1. The van der Waals surface area contributed by atoms with Crippen LogP contribution < -0.4 is 24.8 Å². The number of fused-ring (bicyclic) bond motifs is 3. The van der Waals surface area contributed by atoms with Gasteiger partial charge in [-0.05, 0) is 102 Å². The number of halogens is 3. The van der Waals surface area contributed by atoms with Crippen molar-refractivity contribution in [3.63, 3.8) is 0 Å². The largest absolute Gasteiger partial charge is 0.491 e. The fourth-order valence-corrected chi connectivity index (χ4v) is 9.09. The SMILES string of the molecule is [2H]C([2H])([2H])C1(S(=O)(=O)NC(=O)[C@@]23C[C@H]2/C=C\CC[C@@H](C)C[C@@H](CC)[C@H](NC(=O)OC(C)(C)C(F)F)C(=O)N2C[C@H](Oc4nccc5cc(OCC)c(F)cc45)C[C@H]2C(=O)N3)CC1. The van der Waals surface area contributed by atoms with Crippen molar-refractivity contribution < 1.29 is 59.1 Å². The third kappa shape index (κ3) is 9.26. The third-order valence-electron chi connectivity index (χ3n) is 11.7. The number of benzene rings is 1. The highest BCUT2D eigenvalue weighted by Gasteiger charge is 2.63. The number of carbonyl (C=O) groups excluding carboxylic acids is 4. The lowest BCUT2D eigenvalue weighted by Gasteiger charge is -2.34. The summed E-state index contributed by atoms with van der Waals surface area (Å²) in [6, 6.07) is 1.45. The molecule has 4 aliphatic rings. The summed E-state index contributed by atoms with van der Waals surface area (Å²) in [5.74, 6) is -4.87. The van der Waals surface area contributed by atoms with E-state index < -0.39 is 98.8 Å². The predicted molar refractivity (Wildman–Crippen MR) is 211 cm³/mol. The second-order valence-corrected chi connectivity index (χ2v) is 18.7. The number of nitrogens with one attached hydrogen (secondary N) is 3. The highest BCUT2D eigenvalue weighted by atomic mass is 32.2. The zero-order chi connectivity index (χ0) is 45.6. The molecule has 0 radical (unpaired) electrons. The molecule has 2 aromatic rings. The molecular weight excluding hydrogens is 796 g/mol. The zero-order valence-corrected chi connectivity index (χ0v) is 34.5. The molecule has 1 aromatic heterocycles. The predicted octanol–water partition coefficient (Wildman–Crippen LogP) is 5.54. The normalized spacial score (nSPS) is 29.9. The highest BCUT2D eigenvalue weighted by molar-refractivity contribution is 7.91. The molecule has 3 fully saturated rings. The number of hydrogen-bond donors (Lipinski definition) is 3. The maximum Gasteiger partial charge on any atom is 0.408 e. The molecule has 0 unspecified atom stereocenters. The molecule has 1 saturated heterocycles. The number of pyridine rings is 1. The van der Waals surface area contributed by atoms with Gasteiger partial charge in [0.2, 0.25) is 27.7 Å². The molecule has 7 atom stereocenters. The molecule has 59 heavy (non-hydrogen) atoms. The summed E-state index contributed by atoms with van der Waals surface area (Å²) in [4.78, 5) is 62.4. The van der Waals surface area contributed by atoms with Gasteiger partial charge in [0.1, 0.15) is 23.7 Å². The van der Waals surface area contributed by atoms with Crippen molar-refractivity contribution in [1.82, 2.24) is 25.2 Å². The summed E-state index contributed by atoms with van der Waals surface area (Å²) in [5, 5.41) is 5.99. The van der Waals surface area contributed by atoms with Crippen LogP contribution in [0.3, 0.4) is 0 Å². The lowest BCUT2D eigenvalue weighted by Crippen LogP contribution is -2.59. The molecule has 2 aliphatic heterocycles. The summed E-state index contributed by atoms with van der Waals surface area (Å²) >= 11 is 0. The van der Waals surface area contributed by atoms with Crippen LogP contribution in [-0.4, -0.2) is 95.8 Å². The van der Waals surface area contributed by atoms with Crippen LogP contribution >= 0.6 is 0 Å². The number of ether oxygens (including phenoxy) is 3. The molecule has 2 aliphatic carbocycles. The van der Waals surface area contributed by atoms with Crippen molar-refractivity contribution in [2.45, 2.75) is 133 Å². The Hall–Kier alpha value is -4.61. The fourth-order valence-electron chi connectivity index (χ4n) is 7.83. The standard InChI is InChI=1S/C41H54F3N5O9S/c1-7-24-17-23(3)11-9-10-12-26-21-41(26,37(52)48-59(54,55)40(6)14-15-40)47-33(50)30-19-27(22-49(30)35(51)32(24)46-38(53)58-39(4,5)36(43)44)57-34-28-20-29(42)31(56-8-2)18-25(28)13-16-45-34/h10,12-13,16,18,20,23-24,26-27,30,32,36H,7-9,11,14-15,17,19,21-22H2,1-6H3,(H,46,53)(H,47,50)(H,48,52)/b12-10-/t23-,24-,26-,27-,30+,32+,41-/m1/s1/i6D3. The molecule has 1 aromatic carbocycles. The number of aromatic nitrogens is 1. The number of alkyl carbamates (subject to hydrolysis) is 1. The van der Waals surface area contributed by atoms with E-state index in [2.05, 4.69) is 15.6 Å². The maximum atomic E-state index is 15.1. The molecule has 6 rings (SSSR count). The number of hydrogen-bond acceptors (Lipinski definition) is 10. The lowest BCUT2D eigenvalue weighted by atomic mass is 9.85. The van der Waals surface area contributed by atoms with Crippen LogP contribution in [0.15, 0.2) is 36.5 Å². The van der Waals surface area contributed by atoms with E-state index in [1.807, 2.05) is 11.6 Å². The second-order valence-electron chi connectivity index (χ2n) is 16.7. The summed E-state index contributed by atoms with van der Waals surface area (Å²) in [6.07, 6.45) is 0.711. The molecule has 2 saturated carbocycles. The minimum atomic E-state index is -4.76. The molecular formula is C41H54F3N5O9S. The Bertz CT molecular complexity index is 2210. The van der Waals surface area contributed by atoms with Crippen LogP contribution in [0, 0.1) is 23.6 Å². The third-order valence-corrected chi connectivity index (χ3v) is 13.6. The first-order valence-electron chi connectivity index (χ1n) is 21.5. The van der Waals surface area contributed by atoms with Gasteiger partial charge < -0.3 is 29.7 Å². The van der Waals surface area contributed by atoms with Crippen molar-refractivity contribution in [3.05, 3.63) is 42.4 Å². The van der Waals surface area contributed by atoms with Gasteiger partial charge >= 0.3 is 6.09 Å². The Balaban J connectivity index is 1.38. The van der Waals surface area contributed by atoms with Gasteiger partial charge in [0.05, 0.1) is 17.9 Å². The van der Waals surface area contributed by atoms with Crippen molar-refractivity contribution in [3.8, 4) is 11.6 Å². The molecule has 0 bridgehead atoms. The molecule has 18 heteroatoms. The average Bonchev–Trinajstić information content (AvgIpc) is 4.10. The van der Waals surface area contributed by atoms with Gasteiger partial charge in [0.15, 0.2) is 17.2 Å². The number of sulfonamides is 1. The number of rotatable bonds is 11. The topological polar surface area (TPSA) is 182 Å². The first-order chi connectivity index (χ1) is 29.0. The number of alkyl halides is 2. The fraction of sp³-hybridized carbons (Fsp3) is 0.634. The smallest absolute Gasteiger partial charge is 0.408 e. The van der Waals surface area contributed by atoms with E-state index >= 15 is 4.39 Å². The van der Waals surface area contributed by atoms with Gasteiger partial charge in [-0.1, -0.05) is 32.4 Å². The zero-order valence-electron chi connectivity index (χ0n) is 36.7. The first kappa shape index (κ1) is 39.8. The Morgan fingerprint density at radius 2 is 1.93 bits per heavy atom. The number of amides is 4. The van der Waals surface area contributed by atoms with E-state index in [0.717, 1.165) is 18.7 Å². The van der Waals surface area contributed by atoms with E-state index in [4.69, 9.17) is 18.3 Å². The quantitative estimate of drug-likeness (QED) is 0.243. The summed E-state index contributed by atoms with van der Waals surface area (Å²) in [7, 11) is -4.76. The Morgan fingerprint density at radius 3 is 2.59 bits per heavy atom. The maximum absolute atomic E-state index is 15.1. The van der Waals surface area contributed by atoms with Gasteiger partial charge in [0.25, 0.3) is 12.3 Å². The molecule has 324 valence electrons. The van der Waals surface area contributed by atoms with E-state index in [1.165, 1.54) is 18.3 Å². The molecule has 0 spiro atoms. The van der Waals surface area contributed by atoms with Crippen LogP contribution in [0.2, 0.25) is 0 Å². The number of carbonyl (C=O) groups is 4. The van der Waals surface area contributed by atoms with E-state index in [-0.39, 0.29) is 61.8 Å². The van der Waals surface area contributed by atoms with E-state index in [9.17, 15) is 36.4 Å². The van der Waals surface area contributed by atoms with Gasteiger partial charge in [-0.2, -0.15) is 0 Å². The lowest BCUT2D eigenvalue weighted by molar-refractivity contribution is -0.142.